The molecule has 18 heavy (non-hydrogen) atoms. The Morgan fingerprint density at radius 2 is 2.00 bits per heavy atom. The van der Waals surface area contributed by atoms with Gasteiger partial charge < -0.3 is 10.6 Å². The van der Waals surface area contributed by atoms with Crippen LogP contribution in [-0.4, -0.2) is 23.4 Å². The van der Waals surface area contributed by atoms with Gasteiger partial charge in [-0.3, -0.25) is 14.9 Å². The Labute approximate surface area is 106 Å². The van der Waals surface area contributed by atoms with Crippen LogP contribution in [0.4, 0.5) is 5.69 Å². The van der Waals surface area contributed by atoms with Crippen LogP contribution >= 0.6 is 0 Å². The molecule has 0 bridgehead atoms. The van der Waals surface area contributed by atoms with Gasteiger partial charge in [-0.2, -0.15) is 0 Å². The molecule has 0 saturated heterocycles. The molecule has 0 fully saturated rings. The number of nitrogens with zero attached hydrogens (tertiary/aromatic N) is 1. The van der Waals surface area contributed by atoms with Crippen molar-refractivity contribution in [2.24, 2.45) is 0 Å². The Hall–Kier alpha value is -1.95. The summed E-state index contributed by atoms with van der Waals surface area (Å²) >= 11 is 0. The van der Waals surface area contributed by atoms with Gasteiger partial charge in [0.15, 0.2) is 0 Å². The molecule has 1 aromatic carbocycles. The molecule has 1 rings (SSSR count). The molecule has 0 aliphatic heterocycles. The Morgan fingerprint density at radius 3 is 2.50 bits per heavy atom. The van der Waals surface area contributed by atoms with Crippen molar-refractivity contribution >= 4 is 11.6 Å². The van der Waals surface area contributed by atoms with Gasteiger partial charge in [-0.05, 0) is 19.4 Å². The van der Waals surface area contributed by atoms with Crippen molar-refractivity contribution in [1.82, 2.24) is 10.6 Å². The molecule has 0 spiro atoms. The maximum Gasteiger partial charge on any atom is 0.269 e. The van der Waals surface area contributed by atoms with Crippen LogP contribution in [0.2, 0.25) is 0 Å². The highest BCUT2D eigenvalue weighted by Crippen LogP contribution is 2.11. The van der Waals surface area contributed by atoms with Gasteiger partial charge in [0.25, 0.3) is 5.69 Å². The predicted octanol–water partition coefficient (Wildman–Crippen LogP) is 1.21. The molecule has 2 N–H and O–H groups in total. The molecule has 0 heterocycles. The number of rotatable bonds is 6. The second kappa shape index (κ2) is 6.70. The molecule has 0 aliphatic carbocycles. The first-order chi connectivity index (χ1) is 8.54. The number of carbonyl (C=O) groups is 1. The van der Waals surface area contributed by atoms with E-state index in [0.717, 1.165) is 5.56 Å². The van der Waals surface area contributed by atoms with Gasteiger partial charge in [0.1, 0.15) is 0 Å². The third-order valence-corrected chi connectivity index (χ3v) is 2.50. The molecule has 1 aromatic rings. The third kappa shape index (κ3) is 4.14. The van der Waals surface area contributed by atoms with Crippen molar-refractivity contribution in [3.63, 3.8) is 0 Å². The Kier molecular flexibility index (Phi) is 5.26. The fourth-order valence-corrected chi connectivity index (χ4v) is 1.43. The lowest BCUT2D eigenvalue weighted by molar-refractivity contribution is -0.384. The standard InChI is InChI=1S/C12H17N3O3/c1-3-13-12(16)9(2)14-8-10-4-6-11(7-5-10)15(17)18/h4-7,9,14H,3,8H2,1-2H3,(H,13,16). The number of benzene rings is 1. The van der Waals surface area contributed by atoms with Crippen molar-refractivity contribution in [3.05, 3.63) is 39.9 Å². The SMILES string of the molecule is CCNC(=O)C(C)NCc1ccc([N+](=O)[O-])cc1. The Balaban J connectivity index is 2.48. The lowest BCUT2D eigenvalue weighted by Gasteiger charge is -2.13. The number of non-ortho nitro benzene ring substituents is 1. The van der Waals surface area contributed by atoms with E-state index >= 15 is 0 Å². The van der Waals surface area contributed by atoms with Gasteiger partial charge >= 0.3 is 0 Å². The number of nitro benzene ring substituents is 1. The zero-order valence-electron chi connectivity index (χ0n) is 10.5. The van der Waals surface area contributed by atoms with Crippen LogP contribution in [0, 0.1) is 10.1 Å². The summed E-state index contributed by atoms with van der Waals surface area (Å²) in [5, 5.41) is 16.2. The van der Waals surface area contributed by atoms with Gasteiger partial charge in [0.05, 0.1) is 11.0 Å². The normalized spacial score (nSPS) is 11.9. The van der Waals surface area contributed by atoms with Crippen molar-refractivity contribution < 1.29 is 9.72 Å². The lowest BCUT2D eigenvalue weighted by atomic mass is 10.2. The maximum absolute atomic E-state index is 11.4. The number of hydrogen-bond acceptors (Lipinski definition) is 4. The van der Waals surface area contributed by atoms with Crippen molar-refractivity contribution in [2.75, 3.05) is 6.54 Å². The van der Waals surface area contributed by atoms with Gasteiger partial charge in [-0.25, -0.2) is 0 Å². The quantitative estimate of drug-likeness (QED) is 0.588. The molecule has 1 atom stereocenters. The molecule has 0 saturated carbocycles. The minimum atomic E-state index is -0.436. The number of likely N-dealkylation sites (N-methyl/N-ethyl adjacent to an activating group) is 1. The van der Waals surface area contributed by atoms with Gasteiger partial charge in [-0.1, -0.05) is 12.1 Å². The summed E-state index contributed by atoms with van der Waals surface area (Å²) in [4.78, 5) is 21.5. The topological polar surface area (TPSA) is 84.3 Å². The van der Waals surface area contributed by atoms with E-state index in [1.54, 1.807) is 19.1 Å². The van der Waals surface area contributed by atoms with E-state index in [4.69, 9.17) is 0 Å². The molecule has 6 nitrogen and oxygen atoms in total. The number of nitro groups is 1. The van der Waals surface area contributed by atoms with E-state index in [-0.39, 0.29) is 17.6 Å². The molecule has 1 amide bonds. The minimum absolute atomic E-state index is 0.0561. The fourth-order valence-electron chi connectivity index (χ4n) is 1.43. The first-order valence-corrected chi connectivity index (χ1v) is 5.79. The van der Waals surface area contributed by atoms with Crippen LogP contribution in [0.15, 0.2) is 24.3 Å². The first kappa shape index (κ1) is 14.1. The number of hydrogen-bond donors (Lipinski definition) is 2. The van der Waals surface area contributed by atoms with Crippen molar-refractivity contribution in [2.45, 2.75) is 26.4 Å². The molecular formula is C12H17N3O3. The Bertz CT molecular complexity index is 417. The number of nitrogens with one attached hydrogen (secondary N) is 2. The summed E-state index contributed by atoms with van der Waals surface area (Å²) < 4.78 is 0. The highest BCUT2D eigenvalue weighted by molar-refractivity contribution is 5.81. The molecule has 98 valence electrons. The fraction of sp³-hybridized carbons (Fsp3) is 0.417. The van der Waals surface area contributed by atoms with Crippen LogP contribution < -0.4 is 10.6 Å². The summed E-state index contributed by atoms with van der Waals surface area (Å²) in [6.07, 6.45) is 0. The summed E-state index contributed by atoms with van der Waals surface area (Å²) in [6, 6.07) is 5.97. The highest BCUT2D eigenvalue weighted by Gasteiger charge is 2.11. The second-order valence-corrected chi connectivity index (χ2v) is 3.92. The average Bonchev–Trinajstić information content (AvgIpc) is 2.36. The van der Waals surface area contributed by atoms with Crippen LogP contribution in [0.1, 0.15) is 19.4 Å². The first-order valence-electron chi connectivity index (χ1n) is 5.79. The van der Waals surface area contributed by atoms with Gasteiger partial charge in [0.2, 0.25) is 5.91 Å². The van der Waals surface area contributed by atoms with E-state index < -0.39 is 4.92 Å². The molecular weight excluding hydrogens is 234 g/mol. The van der Waals surface area contributed by atoms with Crippen LogP contribution in [0.25, 0.3) is 0 Å². The van der Waals surface area contributed by atoms with Gasteiger partial charge in [-0.15, -0.1) is 0 Å². The predicted molar refractivity (Wildman–Crippen MR) is 68.1 cm³/mol. The molecule has 0 aromatic heterocycles. The Morgan fingerprint density at radius 1 is 1.39 bits per heavy atom. The summed E-state index contributed by atoms with van der Waals surface area (Å²) in [6.45, 7) is 4.73. The maximum atomic E-state index is 11.4. The van der Waals surface area contributed by atoms with Gasteiger partial charge in [0, 0.05) is 25.2 Å². The summed E-state index contributed by atoms with van der Waals surface area (Å²) in [7, 11) is 0. The van der Waals surface area contributed by atoms with E-state index in [1.807, 2.05) is 6.92 Å². The molecule has 6 heteroatoms. The van der Waals surface area contributed by atoms with Crippen molar-refractivity contribution in [3.8, 4) is 0 Å². The van der Waals surface area contributed by atoms with E-state index in [9.17, 15) is 14.9 Å². The van der Waals surface area contributed by atoms with Crippen LogP contribution in [-0.2, 0) is 11.3 Å². The number of amides is 1. The smallest absolute Gasteiger partial charge is 0.269 e. The number of carbonyl (C=O) groups excluding carboxylic acids is 1. The second-order valence-electron chi connectivity index (χ2n) is 3.92. The van der Waals surface area contributed by atoms with E-state index in [0.29, 0.717) is 13.1 Å². The van der Waals surface area contributed by atoms with E-state index in [1.165, 1.54) is 12.1 Å². The largest absolute Gasteiger partial charge is 0.355 e. The monoisotopic (exact) mass is 251 g/mol. The minimum Gasteiger partial charge on any atom is -0.355 e. The summed E-state index contributed by atoms with van der Waals surface area (Å²) in [5.41, 5.74) is 0.965. The molecule has 0 aliphatic rings. The molecule has 0 radical (unpaired) electrons. The van der Waals surface area contributed by atoms with Crippen LogP contribution in [0.3, 0.4) is 0 Å². The highest BCUT2D eigenvalue weighted by atomic mass is 16.6. The molecule has 1 unspecified atom stereocenters. The van der Waals surface area contributed by atoms with Crippen LogP contribution in [0.5, 0.6) is 0 Å². The van der Waals surface area contributed by atoms with E-state index in [2.05, 4.69) is 10.6 Å². The van der Waals surface area contributed by atoms with Crippen molar-refractivity contribution in [1.29, 1.82) is 0 Å². The zero-order valence-corrected chi connectivity index (χ0v) is 10.5. The zero-order chi connectivity index (χ0) is 13.5. The average molecular weight is 251 g/mol. The third-order valence-electron chi connectivity index (χ3n) is 2.50. The summed E-state index contributed by atoms with van der Waals surface area (Å²) in [5.74, 6) is -0.0561. The lowest BCUT2D eigenvalue weighted by Crippen LogP contribution is -2.41.